The van der Waals surface area contributed by atoms with Crippen molar-refractivity contribution in [3.63, 3.8) is 0 Å². The molecule has 5 rings (SSSR count). The van der Waals surface area contributed by atoms with Crippen LogP contribution in [0.3, 0.4) is 0 Å². The molecule has 0 radical (unpaired) electrons. The van der Waals surface area contributed by atoms with Crippen LogP contribution in [0.15, 0.2) is 59.6 Å². The third-order valence-electron chi connectivity index (χ3n) is 8.32. The lowest BCUT2D eigenvalue weighted by atomic mass is 10.0. The summed E-state index contributed by atoms with van der Waals surface area (Å²) in [6, 6.07) is 15.1. The van der Waals surface area contributed by atoms with E-state index in [4.69, 9.17) is 5.10 Å². The van der Waals surface area contributed by atoms with E-state index in [1.807, 2.05) is 24.8 Å². The summed E-state index contributed by atoms with van der Waals surface area (Å²) in [5, 5.41) is 8.85. The first-order valence-electron chi connectivity index (χ1n) is 14.5. The maximum absolute atomic E-state index is 13.1. The molecule has 2 heterocycles. The lowest BCUT2D eigenvalue weighted by molar-refractivity contribution is -0.108. The number of nitrogens with one attached hydrogen (secondary N) is 1. The zero-order chi connectivity index (χ0) is 28.1. The Labute approximate surface area is 240 Å². The number of aryl methyl sites for hydroxylation is 1. The van der Waals surface area contributed by atoms with Crippen LogP contribution in [0.1, 0.15) is 44.1 Å². The van der Waals surface area contributed by atoms with Gasteiger partial charge in [-0.3, -0.25) is 18.6 Å². The van der Waals surface area contributed by atoms with Gasteiger partial charge in [0.2, 0.25) is 6.41 Å². The number of aromatic nitrogens is 2. The molecule has 8 nitrogen and oxygen atoms in total. The highest BCUT2D eigenvalue weighted by atomic mass is 32.2. The normalized spacial score (nSPS) is 17.6. The Bertz CT molecular complexity index is 1360. The van der Waals surface area contributed by atoms with E-state index in [0.717, 1.165) is 73.7 Å². The van der Waals surface area contributed by atoms with E-state index >= 15 is 0 Å². The van der Waals surface area contributed by atoms with Crippen molar-refractivity contribution >= 4 is 39.6 Å². The summed E-state index contributed by atoms with van der Waals surface area (Å²) in [6.07, 6.45) is 7.23. The Morgan fingerprint density at radius 1 is 1.12 bits per heavy atom. The molecule has 1 aliphatic carbocycles. The number of rotatable bonds is 11. The number of amides is 1. The van der Waals surface area contributed by atoms with E-state index in [1.54, 1.807) is 0 Å². The van der Waals surface area contributed by atoms with E-state index in [0.29, 0.717) is 23.8 Å². The zero-order valence-electron chi connectivity index (χ0n) is 23.8. The van der Waals surface area contributed by atoms with Crippen LogP contribution in [0.4, 0.5) is 11.5 Å². The smallest absolute Gasteiger partial charge is 0.211 e. The van der Waals surface area contributed by atoms with Crippen molar-refractivity contribution in [3.05, 3.63) is 60.3 Å². The van der Waals surface area contributed by atoms with Gasteiger partial charge in [0.05, 0.1) is 16.3 Å². The van der Waals surface area contributed by atoms with Gasteiger partial charge in [-0.15, -0.1) is 0 Å². The van der Waals surface area contributed by atoms with Gasteiger partial charge in [-0.05, 0) is 48.7 Å². The van der Waals surface area contributed by atoms with Crippen LogP contribution in [-0.2, 0) is 29.2 Å². The molecule has 1 amide bonds. The molecule has 40 heavy (non-hydrogen) atoms. The number of benzene rings is 2. The highest BCUT2D eigenvalue weighted by molar-refractivity contribution is 7.85. The fourth-order valence-corrected chi connectivity index (χ4v) is 7.56. The molecule has 2 aliphatic rings. The third kappa shape index (κ3) is 6.58. The van der Waals surface area contributed by atoms with E-state index in [-0.39, 0.29) is 0 Å². The second-order valence-corrected chi connectivity index (χ2v) is 12.9. The van der Waals surface area contributed by atoms with Crippen molar-refractivity contribution in [1.29, 1.82) is 0 Å². The molecule has 0 bridgehead atoms. The van der Waals surface area contributed by atoms with Crippen molar-refractivity contribution in [2.75, 3.05) is 49.6 Å². The SMILES string of the molecule is C=C(CCN(C)c1nn(C)c2cc(N3CCN(Cc4cccc(S(=O)C5CCCCC5)c4)CC3)ccc12)NC=O. The fraction of sp³-hybridized carbons (Fsp3) is 0.484. The van der Waals surface area contributed by atoms with Gasteiger partial charge < -0.3 is 15.1 Å². The maximum atomic E-state index is 13.1. The summed E-state index contributed by atoms with van der Waals surface area (Å²) in [7, 11) is 3.12. The van der Waals surface area contributed by atoms with E-state index in [2.05, 4.69) is 63.0 Å². The minimum atomic E-state index is -0.893. The molecule has 0 spiro atoms. The molecule has 1 saturated carbocycles. The van der Waals surface area contributed by atoms with Gasteiger partial charge in [0, 0.05) is 86.7 Å². The first-order chi connectivity index (χ1) is 19.4. The summed E-state index contributed by atoms with van der Waals surface area (Å²) in [5.41, 5.74) is 4.28. The Morgan fingerprint density at radius 3 is 2.65 bits per heavy atom. The number of fused-ring (bicyclic) bond motifs is 1. The summed E-state index contributed by atoms with van der Waals surface area (Å²) in [5.74, 6) is 0.930. The molecular formula is C31H42N6O2S. The van der Waals surface area contributed by atoms with Crippen molar-refractivity contribution in [2.45, 2.75) is 55.2 Å². The molecule has 2 aromatic carbocycles. The van der Waals surface area contributed by atoms with Crippen LogP contribution < -0.4 is 15.1 Å². The number of hydrogen-bond acceptors (Lipinski definition) is 6. The van der Waals surface area contributed by atoms with Gasteiger partial charge in [0.15, 0.2) is 5.82 Å². The molecule has 1 atom stereocenters. The number of carbonyl (C=O) groups is 1. The van der Waals surface area contributed by atoms with Crippen LogP contribution in [-0.4, -0.2) is 70.3 Å². The Morgan fingerprint density at radius 2 is 1.90 bits per heavy atom. The molecule has 2 fully saturated rings. The first-order valence-corrected chi connectivity index (χ1v) is 15.7. The van der Waals surface area contributed by atoms with Crippen LogP contribution in [0.25, 0.3) is 10.9 Å². The van der Waals surface area contributed by atoms with Gasteiger partial charge in [-0.2, -0.15) is 5.10 Å². The van der Waals surface area contributed by atoms with Crippen LogP contribution in [0.2, 0.25) is 0 Å². The topological polar surface area (TPSA) is 73.7 Å². The molecule has 1 unspecified atom stereocenters. The van der Waals surface area contributed by atoms with E-state index in [1.165, 1.54) is 30.5 Å². The van der Waals surface area contributed by atoms with Gasteiger partial charge >= 0.3 is 0 Å². The molecule has 1 aliphatic heterocycles. The van der Waals surface area contributed by atoms with Crippen molar-refractivity contribution in [1.82, 2.24) is 20.0 Å². The predicted octanol–water partition coefficient (Wildman–Crippen LogP) is 4.42. The number of hydrogen-bond donors (Lipinski definition) is 1. The third-order valence-corrected chi connectivity index (χ3v) is 10.1. The largest absolute Gasteiger partial charge is 0.369 e. The average Bonchev–Trinajstić information content (AvgIpc) is 3.32. The van der Waals surface area contributed by atoms with Crippen LogP contribution >= 0.6 is 0 Å². The number of nitrogens with zero attached hydrogens (tertiary/aromatic N) is 5. The minimum absolute atomic E-state index is 0.325. The summed E-state index contributed by atoms with van der Waals surface area (Å²) in [6.45, 7) is 9.42. The Hall–Kier alpha value is -3.17. The van der Waals surface area contributed by atoms with Crippen LogP contribution in [0.5, 0.6) is 0 Å². The van der Waals surface area contributed by atoms with E-state index < -0.39 is 10.8 Å². The molecular weight excluding hydrogens is 520 g/mol. The molecule has 3 aromatic rings. The lowest BCUT2D eigenvalue weighted by Gasteiger charge is -2.36. The average molecular weight is 563 g/mol. The Kier molecular flexibility index (Phi) is 9.22. The Balaban J connectivity index is 1.18. The second-order valence-electron chi connectivity index (χ2n) is 11.2. The number of carbonyl (C=O) groups excluding carboxylic acids is 1. The minimum Gasteiger partial charge on any atom is -0.369 e. The quantitative estimate of drug-likeness (QED) is 0.349. The number of piperazine rings is 1. The summed E-state index contributed by atoms with van der Waals surface area (Å²) >= 11 is 0. The van der Waals surface area contributed by atoms with Crippen molar-refractivity contribution in [2.24, 2.45) is 7.05 Å². The summed E-state index contributed by atoms with van der Waals surface area (Å²) < 4.78 is 15.1. The highest BCUT2D eigenvalue weighted by Crippen LogP contribution is 2.30. The van der Waals surface area contributed by atoms with Crippen molar-refractivity contribution in [3.8, 4) is 0 Å². The first kappa shape index (κ1) is 28.4. The molecule has 1 saturated heterocycles. The molecule has 214 valence electrons. The monoisotopic (exact) mass is 562 g/mol. The van der Waals surface area contributed by atoms with E-state index in [9.17, 15) is 9.00 Å². The zero-order valence-corrected chi connectivity index (χ0v) is 24.7. The highest BCUT2D eigenvalue weighted by Gasteiger charge is 2.23. The second kappa shape index (κ2) is 13.0. The number of anilines is 2. The van der Waals surface area contributed by atoms with Gasteiger partial charge in [0.25, 0.3) is 0 Å². The fourth-order valence-electron chi connectivity index (χ4n) is 5.93. The van der Waals surface area contributed by atoms with Crippen LogP contribution in [0, 0.1) is 0 Å². The molecule has 1 aromatic heterocycles. The molecule has 9 heteroatoms. The maximum Gasteiger partial charge on any atom is 0.211 e. The van der Waals surface area contributed by atoms with Gasteiger partial charge in [-0.1, -0.05) is 38.0 Å². The predicted molar refractivity (Wildman–Crippen MR) is 164 cm³/mol. The standard InChI is InChI=1S/C31H42N6O2S/c1-24(32-23-38)14-15-34(2)31-29-13-12-26(21-30(29)35(3)33-31)37-18-16-36(17-19-37)22-25-8-7-11-28(20-25)40(39)27-9-5-4-6-10-27/h7-8,11-13,20-21,23,27H,1,4-6,9-10,14-19,22H2,2-3H3,(H,32,38). The van der Waals surface area contributed by atoms with Crippen molar-refractivity contribution < 1.29 is 9.00 Å². The lowest BCUT2D eigenvalue weighted by Crippen LogP contribution is -2.46. The summed E-state index contributed by atoms with van der Waals surface area (Å²) in [4.78, 5) is 18.7. The van der Waals surface area contributed by atoms with Gasteiger partial charge in [0.1, 0.15) is 0 Å². The van der Waals surface area contributed by atoms with Gasteiger partial charge in [-0.25, -0.2) is 0 Å². The molecule has 1 N–H and O–H groups in total.